The number of rotatable bonds is 6. The number of aliphatic hydroxyl groups is 2. The first-order valence-corrected chi connectivity index (χ1v) is 19.4. The molecule has 0 radical (unpaired) electrons. The third-order valence-corrected chi connectivity index (χ3v) is 11.1. The van der Waals surface area contributed by atoms with Crippen LogP contribution in [0.25, 0.3) is 0 Å². The molecule has 0 bridgehead atoms. The van der Waals surface area contributed by atoms with E-state index >= 15 is 0 Å². The molecule has 3 aliphatic carbocycles. The molecular formula is C42H44O16. The minimum atomic E-state index is -1.60. The van der Waals surface area contributed by atoms with Gasteiger partial charge in [0.2, 0.25) is 0 Å². The lowest BCUT2D eigenvalue weighted by molar-refractivity contribution is -0.302. The van der Waals surface area contributed by atoms with Gasteiger partial charge in [0.15, 0.2) is 0 Å². The minimum absolute atomic E-state index is 0.0754. The van der Waals surface area contributed by atoms with Gasteiger partial charge in [-0.05, 0) is 63.8 Å². The fraction of sp³-hybridized carbons (Fsp3) is 0.476. The molecule has 16 heteroatoms. The first-order chi connectivity index (χ1) is 27.6. The first kappa shape index (κ1) is 40.1. The van der Waals surface area contributed by atoms with Gasteiger partial charge in [0.25, 0.3) is 35.0 Å². The second-order valence-corrected chi connectivity index (χ2v) is 15.4. The Kier molecular flexibility index (Phi) is 10.9. The van der Waals surface area contributed by atoms with Crippen LogP contribution >= 0.6 is 0 Å². The van der Waals surface area contributed by atoms with E-state index in [2.05, 4.69) is 0 Å². The third kappa shape index (κ3) is 8.31. The van der Waals surface area contributed by atoms with Gasteiger partial charge in [0.05, 0.1) is 0 Å². The molecule has 16 nitrogen and oxygen atoms in total. The number of hydrogen-bond donors (Lipinski definition) is 2. The zero-order chi connectivity index (χ0) is 41.3. The molecule has 4 spiro atoms. The van der Waals surface area contributed by atoms with Gasteiger partial charge >= 0.3 is 35.8 Å². The van der Waals surface area contributed by atoms with Crippen molar-refractivity contribution in [2.75, 3.05) is 0 Å². The van der Waals surface area contributed by atoms with Gasteiger partial charge in [-0.3, -0.25) is 0 Å². The summed E-state index contributed by atoms with van der Waals surface area (Å²) in [7, 11) is 0. The Morgan fingerprint density at radius 2 is 0.724 bits per heavy atom. The Labute approximate surface area is 333 Å². The summed E-state index contributed by atoms with van der Waals surface area (Å²) in [6.45, 7) is 3.27. The zero-order valence-corrected chi connectivity index (χ0v) is 32.1. The van der Waals surface area contributed by atoms with Gasteiger partial charge in [0.1, 0.15) is 22.3 Å². The monoisotopic (exact) mass is 804 g/mol. The quantitative estimate of drug-likeness (QED) is 0.103. The van der Waals surface area contributed by atoms with E-state index in [9.17, 15) is 39.0 Å². The molecule has 3 saturated carbocycles. The maximum absolute atomic E-state index is 13.1. The minimum Gasteiger partial charge on any atom is -0.480 e. The van der Waals surface area contributed by atoms with Crippen molar-refractivity contribution in [1.29, 1.82) is 0 Å². The molecule has 0 aromatic carbocycles. The second kappa shape index (κ2) is 15.7. The fourth-order valence-electron chi connectivity index (χ4n) is 7.76. The Bertz CT molecular complexity index is 1860. The van der Waals surface area contributed by atoms with E-state index in [4.69, 9.17) is 37.9 Å². The molecule has 5 fully saturated rings. The Balaban J connectivity index is 0.940. The lowest BCUT2D eigenvalue weighted by Crippen LogP contribution is -2.53. The van der Waals surface area contributed by atoms with E-state index in [0.717, 1.165) is 38.5 Å². The Morgan fingerprint density at radius 1 is 0.431 bits per heavy atom. The highest BCUT2D eigenvalue weighted by Crippen LogP contribution is 2.47. The predicted octanol–water partition coefficient (Wildman–Crippen LogP) is 6.02. The van der Waals surface area contributed by atoms with Gasteiger partial charge in [0, 0.05) is 51.4 Å². The van der Waals surface area contributed by atoms with Crippen LogP contribution in [-0.4, -0.2) is 69.2 Å². The number of ether oxygens (including phenoxy) is 8. The van der Waals surface area contributed by atoms with Crippen LogP contribution in [0.15, 0.2) is 93.9 Å². The molecule has 2 saturated heterocycles. The molecule has 0 aromatic heterocycles. The number of hydrogen-bond acceptors (Lipinski definition) is 16. The Morgan fingerprint density at radius 3 is 1.03 bits per heavy atom. The summed E-state index contributed by atoms with van der Waals surface area (Å²) in [6, 6.07) is 0. The molecule has 0 unspecified atom stereocenters. The average Bonchev–Trinajstić information content (AvgIpc) is 3.15. The van der Waals surface area contributed by atoms with E-state index in [1.54, 1.807) is 13.8 Å². The van der Waals surface area contributed by atoms with Gasteiger partial charge in [-0.15, -0.1) is 0 Å². The van der Waals surface area contributed by atoms with Crippen molar-refractivity contribution in [2.45, 2.75) is 127 Å². The van der Waals surface area contributed by atoms with E-state index in [-0.39, 0.29) is 48.0 Å². The summed E-state index contributed by atoms with van der Waals surface area (Å²) in [6.07, 6.45) is 17.5. The number of aliphatic hydroxyl groups excluding tert-OH is 2. The summed E-state index contributed by atoms with van der Waals surface area (Å²) in [5.41, 5.74) is -0.123. The van der Waals surface area contributed by atoms with Crippen molar-refractivity contribution in [2.24, 2.45) is 0 Å². The molecular weight excluding hydrogens is 760 g/mol. The maximum Gasteiger partial charge on any atom is 0.348 e. The van der Waals surface area contributed by atoms with Crippen molar-refractivity contribution in [3.05, 3.63) is 93.9 Å². The normalized spacial score (nSPS) is 25.6. The van der Waals surface area contributed by atoms with Crippen molar-refractivity contribution < 1.29 is 76.9 Å². The molecule has 0 atom stereocenters. The largest absolute Gasteiger partial charge is 0.480 e. The highest BCUT2D eigenvalue weighted by molar-refractivity contribution is 6.16. The molecule has 2 N–H and O–H groups in total. The molecule has 7 aliphatic rings. The zero-order valence-electron chi connectivity index (χ0n) is 32.1. The summed E-state index contributed by atoms with van der Waals surface area (Å²) in [5, 5.41) is 21.5. The lowest BCUT2D eigenvalue weighted by Gasteiger charge is -2.46. The smallest absolute Gasteiger partial charge is 0.348 e. The highest BCUT2D eigenvalue weighted by atomic mass is 16.8. The maximum atomic E-state index is 13.1. The van der Waals surface area contributed by atoms with Gasteiger partial charge in [-0.2, -0.15) is 0 Å². The molecule has 0 aromatic rings. The van der Waals surface area contributed by atoms with Crippen LogP contribution in [-0.2, 0) is 66.7 Å². The van der Waals surface area contributed by atoms with E-state index in [1.165, 1.54) is 48.6 Å². The van der Waals surface area contributed by atoms with Gasteiger partial charge in [-0.25, -0.2) is 28.8 Å². The number of esters is 6. The summed E-state index contributed by atoms with van der Waals surface area (Å²) in [4.78, 5) is 76.5. The van der Waals surface area contributed by atoms with Crippen molar-refractivity contribution in [3.8, 4) is 0 Å². The van der Waals surface area contributed by atoms with Crippen LogP contribution in [0.5, 0.6) is 0 Å². The van der Waals surface area contributed by atoms with Crippen LogP contribution in [0.2, 0.25) is 0 Å². The summed E-state index contributed by atoms with van der Waals surface area (Å²) in [5.74, 6) is -11.9. The van der Waals surface area contributed by atoms with Gasteiger partial charge < -0.3 is 48.1 Å². The van der Waals surface area contributed by atoms with E-state index < -0.39 is 70.9 Å². The van der Waals surface area contributed by atoms with E-state index in [1.807, 2.05) is 0 Å². The van der Waals surface area contributed by atoms with Crippen molar-refractivity contribution in [3.63, 3.8) is 0 Å². The van der Waals surface area contributed by atoms with Crippen LogP contribution in [0.1, 0.15) is 104 Å². The molecule has 4 aliphatic heterocycles. The molecule has 4 heterocycles. The SMILES string of the molecule is CC(C=CC1=C(O)OC2(CCC3(CC2)OC(=O)C(C=CC(C)=CC=C2C(=O)OC4(CCCCC4)OC2=O)=C(O)O3)OC1=O)=CC=C1C(=O)OC2(CCCCC2)OC1=O. The number of allylic oxidation sites excluding steroid dienone is 8. The number of carbonyl (C=O) groups excluding carboxylic acids is 6. The second-order valence-electron chi connectivity index (χ2n) is 15.4. The Hall–Kier alpha value is -6.06. The molecule has 58 heavy (non-hydrogen) atoms. The van der Waals surface area contributed by atoms with Crippen molar-refractivity contribution >= 4 is 35.8 Å². The topological polar surface area (TPSA) is 217 Å². The number of carbonyl (C=O) groups is 6. The standard InChI is InChI=1S/C42H44O16/c1-25(9-13-27-31(43)51-39(52-32(27)44)17-5-3-6-18-39)11-15-29-35(47)55-41(56-36(29)48)21-23-42(24-22-41)57-37(49)30(38(50)58-42)16-12-26(2)10-14-28-33(45)53-40(54-34(28)46)19-7-4-8-20-40/h9-16,47,49H,3-8,17-24H2,1-2H3. The lowest BCUT2D eigenvalue weighted by atomic mass is 9.87. The van der Waals surface area contributed by atoms with Crippen LogP contribution in [0.3, 0.4) is 0 Å². The summed E-state index contributed by atoms with van der Waals surface area (Å²) >= 11 is 0. The van der Waals surface area contributed by atoms with Crippen LogP contribution in [0.4, 0.5) is 0 Å². The third-order valence-electron chi connectivity index (χ3n) is 11.1. The fourth-order valence-corrected chi connectivity index (χ4v) is 7.76. The van der Waals surface area contributed by atoms with Crippen LogP contribution < -0.4 is 0 Å². The molecule has 0 amide bonds. The first-order valence-electron chi connectivity index (χ1n) is 19.4. The van der Waals surface area contributed by atoms with E-state index in [0.29, 0.717) is 36.8 Å². The predicted molar refractivity (Wildman–Crippen MR) is 196 cm³/mol. The van der Waals surface area contributed by atoms with Crippen molar-refractivity contribution in [1.82, 2.24) is 0 Å². The molecule has 7 rings (SSSR count). The average molecular weight is 805 g/mol. The van der Waals surface area contributed by atoms with Crippen LogP contribution in [0, 0.1) is 0 Å². The van der Waals surface area contributed by atoms with Gasteiger partial charge in [-0.1, -0.05) is 48.3 Å². The highest BCUT2D eigenvalue weighted by Gasteiger charge is 2.55. The molecule has 308 valence electrons. The summed E-state index contributed by atoms with van der Waals surface area (Å²) < 4.78 is 44.6.